The van der Waals surface area contributed by atoms with E-state index < -0.39 is 17.4 Å². The van der Waals surface area contributed by atoms with Crippen molar-refractivity contribution in [3.8, 4) is 23.0 Å². The van der Waals surface area contributed by atoms with Crippen molar-refractivity contribution in [1.82, 2.24) is 5.32 Å². The molecule has 3 N–H and O–H groups in total. The molecule has 0 saturated carbocycles. The van der Waals surface area contributed by atoms with Gasteiger partial charge in [-0.25, -0.2) is 0 Å². The fraction of sp³-hybridized carbons (Fsp3) is 0.300. The highest BCUT2D eigenvalue weighted by molar-refractivity contribution is 6.39. The van der Waals surface area contributed by atoms with Gasteiger partial charge in [-0.3, -0.25) is 9.59 Å². The zero-order chi connectivity index (χ0) is 20.4. The number of nitrogens with one attached hydrogen (secondary N) is 2. The molecule has 2 aliphatic rings. The van der Waals surface area contributed by atoms with Crippen molar-refractivity contribution in [3.63, 3.8) is 0 Å². The first-order valence-electron chi connectivity index (χ1n) is 9.04. The van der Waals surface area contributed by atoms with Gasteiger partial charge < -0.3 is 34.7 Å². The van der Waals surface area contributed by atoms with Crippen LogP contribution in [0.4, 0.5) is 5.69 Å². The molecule has 0 bridgehead atoms. The molecule has 2 aliphatic heterocycles. The highest BCUT2D eigenvalue weighted by Crippen LogP contribution is 2.35. The summed E-state index contributed by atoms with van der Waals surface area (Å²) >= 11 is 0. The van der Waals surface area contributed by atoms with Crippen LogP contribution in [-0.4, -0.2) is 43.5 Å². The zero-order valence-electron chi connectivity index (χ0n) is 15.7. The van der Waals surface area contributed by atoms with Crippen LogP contribution >= 0.6 is 0 Å². The first kappa shape index (κ1) is 18.9. The van der Waals surface area contributed by atoms with Crippen LogP contribution in [0.1, 0.15) is 12.5 Å². The second-order valence-corrected chi connectivity index (χ2v) is 6.84. The maximum absolute atomic E-state index is 12.2. The quantitative estimate of drug-likeness (QED) is 0.660. The molecule has 4 rings (SSSR count). The lowest BCUT2D eigenvalue weighted by atomic mass is 9.95. The van der Waals surface area contributed by atoms with Gasteiger partial charge in [0.2, 0.25) is 6.79 Å². The molecule has 2 amide bonds. The average molecular weight is 400 g/mol. The van der Waals surface area contributed by atoms with Crippen LogP contribution in [0, 0.1) is 0 Å². The molecular weight excluding hydrogens is 380 g/mol. The number of aliphatic hydroxyl groups is 1. The van der Waals surface area contributed by atoms with Crippen molar-refractivity contribution in [2.45, 2.75) is 12.5 Å². The van der Waals surface area contributed by atoms with Gasteiger partial charge in [0.25, 0.3) is 0 Å². The minimum Gasteiger partial charge on any atom is -0.486 e. The van der Waals surface area contributed by atoms with E-state index in [4.69, 9.17) is 18.9 Å². The third-order valence-corrected chi connectivity index (χ3v) is 4.59. The number of ether oxygens (including phenoxy) is 4. The van der Waals surface area contributed by atoms with E-state index in [1.54, 1.807) is 36.4 Å². The molecular formula is C20H20N2O7. The number of anilines is 1. The summed E-state index contributed by atoms with van der Waals surface area (Å²) in [5, 5.41) is 15.6. The van der Waals surface area contributed by atoms with E-state index >= 15 is 0 Å². The molecule has 152 valence electrons. The average Bonchev–Trinajstić information content (AvgIpc) is 3.20. The van der Waals surface area contributed by atoms with E-state index in [9.17, 15) is 14.7 Å². The fourth-order valence-corrected chi connectivity index (χ4v) is 2.98. The Labute approximate surface area is 166 Å². The van der Waals surface area contributed by atoms with Crippen molar-refractivity contribution in [3.05, 3.63) is 42.0 Å². The number of benzene rings is 2. The van der Waals surface area contributed by atoms with Crippen LogP contribution in [0.25, 0.3) is 0 Å². The summed E-state index contributed by atoms with van der Waals surface area (Å²) in [5.41, 5.74) is -0.486. The van der Waals surface area contributed by atoms with Crippen LogP contribution in [0.15, 0.2) is 36.4 Å². The SMILES string of the molecule is C[C@@](O)(CNC(=O)C(=O)Nc1ccc2c(c1)OCCO2)c1ccc2c(c1)OCO2. The Bertz CT molecular complexity index is 958. The molecule has 0 radical (unpaired) electrons. The van der Waals surface area contributed by atoms with Crippen LogP contribution in [-0.2, 0) is 15.2 Å². The van der Waals surface area contributed by atoms with Gasteiger partial charge in [-0.05, 0) is 36.8 Å². The van der Waals surface area contributed by atoms with Gasteiger partial charge in [0.05, 0.1) is 6.54 Å². The Morgan fingerprint density at radius 2 is 1.59 bits per heavy atom. The Morgan fingerprint density at radius 3 is 2.41 bits per heavy atom. The number of carbonyl (C=O) groups is 2. The minimum atomic E-state index is -1.41. The molecule has 0 fully saturated rings. The van der Waals surface area contributed by atoms with Crippen LogP contribution in [0.5, 0.6) is 23.0 Å². The highest BCUT2D eigenvalue weighted by atomic mass is 16.7. The van der Waals surface area contributed by atoms with Crippen LogP contribution in [0.2, 0.25) is 0 Å². The molecule has 29 heavy (non-hydrogen) atoms. The maximum atomic E-state index is 12.2. The third-order valence-electron chi connectivity index (χ3n) is 4.59. The van der Waals surface area contributed by atoms with Crippen molar-refractivity contribution < 1.29 is 33.6 Å². The van der Waals surface area contributed by atoms with Crippen LogP contribution in [0.3, 0.4) is 0 Å². The summed E-state index contributed by atoms with van der Waals surface area (Å²) < 4.78 is 21.4. The van der Waals surface area contributed by atoms with Crippen molar-refractivity contribution >= 4 is 17.5 Å². The topological polar surface area (TPSA) is 115 Å². The fourth-order valence-electron chi connectivity index (χ4n) is 2.98. The lowest BCUT2D eigenvalue weighted by Gasteiger charge is -2.24. The Kier molecular flexibility index (Phi) is 4.89. The smallest absolute Gasteiger partial charge is 0.313 e. The predicted molar refractivity (Wildman–Crippen MR) is 101 cm³/mol. The normalized spacial score (nSPS) is 15.9. The molecule has 9 nitrogen and oxygen atoms in total. The number of fused-ring (bicyclic) bond motifs is 2. The summed E-state index contributed by atoms with van der Waals surface area (Å²) in [6, 6.07) is 9.86. The van der Waals surface area contributed by atoms with Crippen molar-refractivity contribution in [2.75, 3.05) is 31.9 Å². The number of hydrogen-bond acceptors (Lipinski definition) is 7. The molecule has 1 atom stereocenters. The Morgan fingerprint density at radius 1 is 0.931 bits per heavy atom. The van der Waals surface area contributed by atoms with Gasteiger partial charge >= 0.3 is 11.8 Å². The molecule has 2 aromatic carbocycles. The van der Waals surface area contributed by atoms with E-state index in [1.807, 2.05) is 0 Å². The Hall–Kier alpha value is -3.46. The summed E-state index contributed by atoms with van der Waals surface area (Å²) in [6.07, 6.45) is 0. The summed E-state index contributed by atoms with van der Waals surface area (Å²) in [5.74, 6) is 0.459. The lowest BCUT2D eigenvalue weighted by molar-refractivity contribution is -0.136. The largest absolute Gasteiger partial charge is 0.486 e. The number of hydrogen-bond donors (Lipinski definition) is 3. The van der Waals surface area contributed by atoms with E-state index in [1.165, 1.54) is 6.92 Å². The van der Waals surface area contributed by atoms with Crippen LogP contribution < -0.4 is 29.6 Å². The molecule has 0 aliphatic carbocycles. The molecule has 0 aromatic heterocycles. The van der Waals surface area contributed by atoms with Crippen molar-refractivity contribution in [1.29, 1.82) is 0 Å². The molecule has 0 spiro atoms. The standard InChI is InChI=1S/C20H20N2O7/c1-20(25,12-2-4-15-16(8-12)29-11-28-15)10-21-18(23)19(24)22-13-3-5-14-17(9-13)27-7-6-26-14/h2-5,8-9,25H,6-7,10-11H2,1H3,(H,21,23)(H,22,24)/t20-/m1/s1. The molecule has 2 aromatic rings. The molecule has 0 saturated heterocycles. The van der Waals surface area contributed by atoms with Gasteiger partial charge in [-0.1, -0.05) is 6.07 Å². The van der Waals surface area contributed by atoms with Gasteiger partial charge in [0.15, 0.2) is 23.0 Å². The van der Waals surface area contributed by atoms with Gasteiger partial charge in [-0.2, -0.15) is 0 Å². The summed E-state index contributed by atoms with van der Waals surface area (Å²) in [4.78, 5) is 24.3. The molecule has 9 heteroatoms. The van der Waals surface area contributed by atoms with E-state index in [0.717, 1.165) is 0 Å². The van der Waals surface area contributed by atoms with Crippen molar-refractivity contribution in [2.24, 2.45) is 0 Å². The van der Waals surface area contributed by atoms with E-state index in [-0.39, 0.29) is 13.3 Å². The Balaban J connectivity index is 1.35. The number of rotatable bonds is 4. The number of amides is 2. The summed E-state index contributed by atoms with van der Waals surface area (Å²) in [6.45, 7) is 2.37. The minimum absolute atomic E-state index is 0.123. The monoisotopic (exact) mass is 400 g/mol. The molecule has 0 unspecified atom stereocenters. The third kappa shape index (κ3) is 4.04. The van der Waals surface area contributed by atoms with E-state index in [2.05, 4.69) is 10.6 Å². The molecule has 2 heterocycles. The first-order chi connectivity index (χ1) is 13.9. The van der Waals surface area contributed by atoms with Gasteiger partial charge in [0.1, 0.15) is 18.8 Å². The number of carbonyl (C=O) groups excluding carboxylic acids is 2. The zero-order valence-corrected chi connectivity index (χ0v) is 15.7. The second-order valence-electron chi connectivity index (χ2n) is 6.84. The summed E-state index contributed by atoms with van der Waals surface area (Å²) in [7, 11) is 0. The first-order valence-corrected chi connectivity index (χ1v) is 9.04. The van der Waals surface area contributed by atoms with Gasteiger partial charge in [0, 0.05) is 11.8 Å². The lowest BCUT2D eigenvalue weighted by Crippen LogP contribution is -2.43. The predicted octanol–water partition coefficient (Wildman–Crippen LogP) is 1.15. The maximum Gasteiger partial charge on any atom is 0.313 e. The van der Waals surface area contributed by atoms with Gasteiger partial charge in [-0.15, -0.1) is 0 Å². The highest BCUT2D eigenvalue weighted by Gasteiger charge is 2.28. The van der Waals surface area contributed by atoms with E-state index in [0.29, 0.717) is 47.5 Å². The second kappa shape index (κ2) is 7.51.